The first-order chi connectivity index (χ1) is 9.40. The minimum absolute atomic E-state index is 0.182. The molecule has 1 heterocycles. The third kappa shape index (κ3) is 2.98. The zero-order chi connectivity index (χ0) is 14.8. The van der Waals surface area contributed by atoms with E-state index in [4.69, 9.17) is 11.0 Å². The summed E-state index contributed by atoms with van der Waals surface area (Å²) >= 11 is 0. The summed E-state index contributed by atoms with van der Waals surface area (Å²) < 4.78 is 37.7. The predicted molar refractivity (Wildman–Crippen MR) is 68.1 cm³/mol. The molecule has 20 heavy (non-hydrogen) atoms. The molecule has 0 fully saturated rings. The highest BCUT2D eigenvalue weighted by molar-refractivity contribution is 5.69. The number of hydrogen-bond donors (Lipinski definition) is 2. The highest BCUT2D eigenvalue weighted by Crippen LogP contribution is 2.31. The Bertz CT molecular complexity index is 674. The summed E-state index contributed by atoms with van der Waals surface area (Å²) in [4.78, 5) is 3.90. The Morgan fingerprint density at radius 1 is 1.25 bits per heavy atom. The van der Waals surface area contributed by atoms with E-state index in [9.17, 15) is 13.2 Å². The maximum absolute atomic E-state index is 12.6. The fourth-order valence-corrected chi connectivity index (χ4v) is 1.56. The van der Waals surface area contributed by atoms with Crippen LogP contribution in [0.2, 0.25) is 0 Å². The molecule has 0 aliphatic rings. The molecular weight excluding hydrogens is 269 g/mol. The molecule has 0 amide bonds. The number of nitrogens with zero attached hydrogens (tertiary/aromatic N) is 2. The van der Waals surface area contributed by atoms with Crippen molar-refractivity contribution in [1.29, 1.82) is 5.26 Å². The summed E-state index contributed by atoms with van der Waals surface area (Å²) in [6.45, 7) is 0. The van der Waals surface area contributed by atoms with Gasteiger partial charge in [0.25, 0.3) is 0 Å². The number of nitrogens with one attached hydrogen (secondary N) is 1. The van der Waals surface area contributed by atoms with Crippen LogP contribution < -0.4 is 11.1 Å². The second-order valence-electron chi connectivity index (χ2n) is 3.98. The second kappa shape index (κ2) is 5.09. The van der Waals surface area contributed by atoms with E-state index in [1.807, 2.05) is 6.07 Å². The highest BCUT2D eigenvalue weighted by Gasteiger charge is 2.30. The Morgan fingerprint density at radius 3 is 2.60 bits per heavy atom. The molecule has 0 bridgehead atoms. The van der Waals surface area contributed by atoms with Crippen molar-refractivity contribution in [3.05, 3.63) is 47.7 Å². The monoisotopic (exact) mass is 278 g/mol. The van der Waals surface area contributed by atoms with Gasteiger partial charge in [-0.1, -0.05) is 6.07 Å². The lowest BCUT2D eigenvalue weighted by Crippen LogP contribution is -2.06. The molecule has 1 aromatic heterocycles. The Balaban J connectivity index is 2.29. The minimum atomic E-state index is -4.42. The molecule has 0 radical (unpaired) electrons. The summed E-state index contributed by atoms with van der Waals surface area (Å²) in [5, 5.41) is 11.4. The number of halogens is 3. The van der Waals surface area contributed by atoms with E-state index in [-0.39, 0.29) is 22.8 Å². The molecule has 1 aromatic carbocycles. The van der Waals surface area contributed by atoms with Gasteiger partial charge in [0.05, 0.1) is 16.8 Å². The molecule has 7 heteroatoms. The Labute approximate surface area is 112 Å². The van der Waals surface area contributed by atoms with Crippen LogP contribution in [0.25, 0.3) is 0 Å². The standard InChI is InChI=1S/C13H9F3N4/c14-13(15,16)9-2-1-3-10(5-9)20-12-11(18)4-8(6-17)7-19-12/h1-5,7H,18H2,(H,19,20). The largest absolute Gasteiger partial charge is 0.416 e. The minimum Gasteiger partial charge on any atom is -0.396 e. The van der Waals surface area contributed by atoms with E-state index < -0.39 is 11.7 Å². The maximum atomic E-state index is 12.6. The van der Waals surface area contributed by atoms with Crippen LogP contribution in [0.5, 0.6) is 0 Å². The summed E-state index contributed by atoms with van der Waals surface area (Å²) in [6, 6.07) is 7.94. The number of nitrogens with two attached hydrogens (primary N) is 1. The number of hydrogen-bond acceptors (Lipinski definition) is 4. The number of rotatable bonds is 2. The van der Waals surface area contributed by atoms with E-state index in [2.05, 4.69) is 10.3 Å². The van der Waals surface area contributed by atoms with E-state index in [0.29, 0.717) is 0 Å². The first-order valence-corrected chi connectivity index (χ1v) is 5.50. The van der Waals surface area contributed by atoms with Crippen molar-refractivity contribution in [2.24, 2.45) is 0 Å². The first-order valence-electron chi connectivity index (χ1n) is 5.50. The zero-order valence-corrected chi connectivity index (χ0v) is 10.1. The van der Waals surface area contributed by atoms with Gasteiger partial charge in [-0.3, -0.25) is 0 Å². The van der Waals surface area contributed by atoms with Gasteiger partial charge in [0.2, 0.25) is 0 Å². The Morgan fingerprint density at radius 2 is 2.00 bits per heavy atom. The van der Waals surface area contributed by atoms with Crippen LogP contribution in [0.4, 0.5) is 30.4 Å². The summed E-state index contributed by atoms with van der Waals surface area (Å²) in [7, 11) is 0. The lowest BCUT2D eigenvalue weighted by atomic mass is 10.2. The first kappa shape index (κ1) is 13.7. The van der Waals surface area contributed by atoms with Crippen LogP contribution in [0.3, 0.4) is 0 Å². The lowest BCUT2D eigenvalue weighted by Gasteiger charge is -2.11. The van der Waals surface area contributed by atoms with Gasteiger partial charge < -0.3 is 11.1 Å². The SMILES string of the molecule is N#Cc1cnc(Nc2cccc(C(F)(F)F)c2)c(N)c1. The molecule has 4 nitrogen and oxygen atoms in total. The van der Waals surface area contributed by atoms with Crippen molar-refractivity contribution >= 4 is 17.2 Å². The van der Waals surface area contributed by atoms with E-state index in [0.717, 1.165) is 12.1 Å². The zero-order valence-electron chi connectivity index (χ0n) is 10.1. The average molecular weight is 278 g/mol. The number of anilines is 3. The summed E-state index contributed by atoms with van der Waals surface area (Å²) in [6.07, 6.45) is -3.13. The van der Waals surface area contributed by atoms with Crippen molar-refractivity contribution in [3.63, 3.8) is 0 Å². The molecule has 2 rings (SSSR count). The molecule has 2 aromatic rings. The average Bonchev–Trinajstić information content (AvgIpc) is 2.40. The maximum Gasteiger partial charge on any atom is 0.416 e. The molecule has 0 aliphatic carbocycles. The molecule has 102 valence electrons. The third-order valence-corrected chi connectivity index (χ3v) is 2.50. The molecule has 0 saturated heterocycles. The molecular formula is C13H9F3N4. The van der Waals surface area contributed by atoms with Gasteiger partial charge >= 0.3 is 6.18 Å². The molecule has 0 saturated carbocycles. The predicted octanol–water partition coefficient (Wildman–Crippen LogP) is 3.30. The van der Waals surface area contributed by atoms with Gasteiger partial charge in [0.1, 0.15) is 6.07 Å². The number of nitriles is 1. The number of benzene rings is 1. The number of pyridine rings is 1. The van der Waals surface area contributed by atoms with Gasteiger partial charge in [0, 0.05) is 11.9 Å². The van der Waals surface area contributed by atoms with Gasteiger partial charge in [0.15, 0.2) is 5.82 Å². The van der Waals surface area contributed by atoms with Crippen LogP contribution in [0, 0.1) is 11.3 Å². The topological polar surface area (TPSA) is 74.7 Å². The lowest BCUT2D eigenvalue weighted by molar-refractivity contribution is -0.137. The van der Waals surface area contributed by atoms with Crippen molar-refractivity contribution in [3.8, 4) is 6.07 Å². The fraction of sp³-hybridized carbons (Fsp3) is 0.0769. The Hall–Kier alpha value is -2.75. The highest BCUT2D eigenvalue weighted by atomic mass is 19.4. The van der Waals surface area contributed by atoms with Crippen molar-refractivity contribution in [2.75, 3.05) is 11.1 Å². The van der Waals surface area contributed by atoms with Crippen LogP contribution in [-0.4, -0.2) is 4.98 Å². The summed E-state index contributed by atoms with van der Waals surface area (Å²) in [5.41, 5.74) is 5.57. The third-order valence-electron chi connectivity index (χ3n) is 2.50. The van der Waals surface area contributed by atoms with Gasteiger partial charge in [-0.2, -0.15) is 18.4 Å². The van der Waals surface area contributed by atoms with Gasteiger partial charge in [-0.15, -0.1) is 0 Å². The number of nitrogen functional groups attached to an aromatic ring is 1. The van der Waals surface area contributed by atoms with Gasteiger partial charge in [-0.25, -0.2) is 4.98 Å². The molecule has 0 atom stereocenters. The fourth-order valence-electron chi connectivity index (χ4n) is 1.56. The van der Waals surface area contributed by atoms with Crippen LogP contribution in [0.1, 0.15) is 11.1 Å². The number of aromatic nitrogens is 1. The Kier molecular flexibility index (Phi) is 3.48. The molecule has 0 aliphatic heterocycles. The van der Waals surface area contributed by atoms with Crippen molar-refractivity contribution in [2.45, 2.75) is 6.18 Å². The second-order valence-corrected chi connectivity index (χ2v) is 3.98. The normalized spacial score (nSPS) is 10.9. The van der Waals surface area contributed by atoms with Crippen molar-refractivity contribution in [1.82, 2.24) is 4.98 Å². The van der Waals surface area contributed by atoms with E-state index in [1.165, 1.54) is 24.4 Å². The van der Waals surface area contributed by atoms with Crippen LogP contribution in [0.15, 0.2) is 36.5 Å². The van der Waals surface area contributed by atoms with E-state index in [1.54, 1.807) is 0 Å². The van der Waals surface area contributed by atoms with Gasteiger partial charge in [-0.05, 0) is 24.3 Å². The molecule has 0 unspecified atom stereocenters. The quantitative estimate of drug-likeness (QED) is 0.883. The molecule has 0 spiro atoms. The smallest absolute Gasteiger partial charge is 0.396 e. The van der Waals surface area contributed by atoms with Crippen molar-refractivity contribution < 1.29 is 13.2 Å². The summed E-state index contributed by atoms with van der Waals surface area (Å²) in [5.74, 6) is 0.198. The van der Waals surface area contributed by atoms with E-state index >= 15 is 0 Å². The van der Waals surface area contributed by atoms with Crippen LogP contribution >= 0.6 is 0 Å². The molecule has 3 N–H and O–H groups in total. The number of alkyl halides is 3. The van der Waals surface area contributed by atoms with Crippen LogP contribution in [-0.2, 0) is 6.18 Å².